The van der Waals surface area contributed by atoms with Crippen molar-refractivity contribution in [1.82, 2.24) is 15.1 Å². The Hall–Kier alpha value is -4.83. The fourth-order valence-corrected chi connectivity index (χ4v) is 6.21. The first-order valence-corrected chi connectivity index (χ1v) is 17.4. The predicted octanol–water partition coefficient (Wildman–Crippen LogP) is 5.18. The molecule has 0 aliphatic carbocycles. The van der Waals surface area contributed by atoms with Crippen LogP contribution in [0.25, 0.3) is 0 Å². The fourth-order valence-electron chi connectivity index (χ4n) is 6.21. The number of para-hydroxylation sites is 1. The number of amides is 2. The van der Waals surface area contributed by atoms with Crippen LogP contribution in [0.2, 0.25) is 0 Å². The Kier molecular flexibility index (Phi) is 12.9. The number of nitrogens with one attached hydrogen (secondary N) is 2. The van der Waals surface area contributed by atoms with E-state index in [1.165, 1.54) is 7.11 Å². The Bertz CT molecular complexity index is 1680. The SMILES string of the molecule is COc1cc(C(=O)N(C)c2ccc(C)cc2OCCCCC(=C=O)N2CCN(C)CC2)ccc1NC(=O)c1ccccc1OC1CCNCC1. The molecule has 50 heavy (non-hydrogen) atoms. The van der Waals surface area contributed by atoms with Gasteiger partial charge in [0.25, 0.3) is 11.8 Å². The number of nitrogens with zero attached hydrogens (tertiary/aromatic N) is 3. The number of piperidine rings is 1. The van der Waals surface area contributed by atoms with E-state index in [0.717, 1.165) is 76.2 Å². The van der Waals surface area contributed by atoms with E-state index in [2.05, 4.69) is 33.4 Å². The number of anilines is 2. The molecule has 266 valence electrons. The first kappa shape index (κ1) is 36.5. The number of hydrogen-bond acceptors (Lipinski definition) is 9. The maximum Gasteiger partial charge on any atom is 0.259 e. The summed E-state index contributed by atoms with van der Waals surface area (Å²) >= 11 is 0. The molecule has 0 bridgehead atoms. The van der Waals surface area contributed by atoms with Crippen LogP contribution in [-0.4, -0.2) is 101 Å². The highest BCUT2D eigenvalue weighted by Gasteiger charge is 2.23. The lowest BCUT2D eigenvalue weighted by atomic mass is 10.1. The van der Waals surface area contributed by atoms with Crippen LogP contribution in [0, 0.1) is 6.92 Å². The molecule has 3 aromatic carbocycles. The van der Waals surface area contributed by atoms with Crippen molar-refractivity contribution in [2.75, 3.05) is 77.3 Å². The van der Waals surface area contributed by atoms with Gasteiger partial charge in [-0.15, -0.1) is 0 Å². The quantitative estimate of drug-likeness (QED) is 0.176. The Balaban J connectivity index is 1.21. The van der Waals surface area contributed by atoms with Crippen molar-refractivity contribution in [3.8, 4) is 17.2 Å². The molecular weight excluding hydrogens is 634 g/mol. The first-order valence-electron chi connectivity index (χ1n) is 17.4. The number of piperazine rings is 1. The summed E-state index contributed by atoms with van der Waals surface area (Å²) in [5, 5.41) is 6.26. The average Bonchev–Trinajstić information content (AvgIpc) is 3.14. The molecule has 0 radical (unpaired) electrons. The van der Waals surface area contributed by atoms with Crippen LogP contribution < -0.4 is 29.7 Å². The van der Waals surface area contributed by atoms with E-state index in [1.807, 2.05) is 37.3 Å². The second-order valence-corrected chi connectivity index (χ2v) is 12.9. The van der Waals surface area contributed by atoms with Gasteiger partial charge in [0.15, 0.2) is 0 Å². The zero-order valence-electron chi connectivity index (χ0n) is 29.6. The van der Waals surface area contributed by atoms with Crippen LogP contribution in [0.5, 0.6) is 17.2 Å². The van der Waals surface area contributed by atoms with Gasteiger partial charge in [-0.05, 0) is 107 Å². The standard InChI is InChI=1S/C39H49N5O6/c1-28-12-15-34(37(25-28)49-24-8-7-9-30(27-45)44-22-20-42(2)21-23-44)43(3)39(47)29-13-14-33(36(26-29)48-4)41-38(46)32-10-5-6-11-35(32)50-31-16-18-40-19-17-31/h5-6,10-15,25-26,31,40H,7-9,16-24H2,1-4H3,(H,41,46). The largest absolute Gasteiger partial charge is 0.495 e. The van der Waals surface area contributed by atoms with Crippen LogP contribution in [0.3, 0.4) is 0 Å². The molecular formula is C39H49N5O6. The third-order valence-corrected chi connectivity index (χ3v) is 9.26. The number of aryl methyl sites for hydroxylation is 1. The minimum Gasteiger partial charge on any atom is -0.495 e. The molecule has 0 unspecified atom stereocenters. The van der Waals surface area contributed by atoms with Crippen molar-refractivity contribution in [2.45, 2.75) is 45.1 Å². The number of rotatable bonds is 14. The number of allylic oxidation sites excluding steroid dienone is 1. The van der Waals surface area contributed by atoms with Crippen molar-refractivity contribution < 1.29 is 28.6 Å². The highest BCUT2D eigenvalue weighted by atomic mass is 16.5. The van der Waals surface area contributed by atoms with Gasteiger partial charge < -0.3 is 39.5 Å². The minimum atomic E-state index is -0.330. The van der Waals surface area contributed by atoms with Crippen molar-refractivity contribution in [3.05, 3.63) is 83.1 Å². The van der Waals surface area contributed by atoms with Crippen LogP contribution in [0.1, 0.15) is 58.4 Å². The van der Waals surface area contributed by atoms with Crippen molar-refractivity contribution in [1.29, 1.82) is 0 Å². The molecule has 2 aliphatic rings. The lowest BCUT2D eigenvalue weighted by Gasteiger charge is -2.34. The van der Waals surface area contributed by atoms with Crippen LogP contribution >= 0.6 is 0 Å². The second kappa shape index (κ2) is 17.7. The highest BCUT2D eigenvalue weighted by Crippen LogP contribution is 2.33. The molecule has 0 saturated carbocycles. The third kappa shape index (κ3) is 9.44. The summed E-state index contributed by atoms with van der Waals surface area (Å²) in [5.74, 6) is 3.06. The molecule has 0 aromatic heterocycles. The van der Waals surface area contributed by atoms with Crippen molar-refractivity contribution >= 4 is 29.1 Å². The summed E-state index contributed by atoms with van der Waals surface area (Å²) in [4.78, 5) is 44.7. The van der Waals surface area contributed by atoms with Gasteiger partial charge >= 0.3 is 0 Å². The Morgan fingerprint density at radius 1 is 0.960 bits per heavy atom. The number of ether oxygens (including phenoxy) is 3. The number of likely N-dealkylation sites (N-methyl/N-ethyl adjacent to an activating group) is 1. The molecule has 2 fully saturated rings. The van der Waals surface area contributed by atoms with Gasteiger partial charge in [0.2, 0.25) is 0 Å². The zero-order valence-corrected chi connectivity index (χ0v) is 29.6. The van der Waals surface area contributed by atoms with E-state index < -0.39 is 0 Å². The van der Waals surface area contributed by atoms with E-state index in [0.29, 0.717) is 52.8 Å². The highest BCUT2D eigenvalue weighted by molar-refractivity contribution is 6.09. The summed E-state index contributed by atoms with van der Waals surface area (Å²) < 4.78 is 18.0. The molecule has 0 spiro atoms. The number of carbonyl (C=O) groups excluding carboxylic acids is 3. The smallest absolute Gasteiger partial charge is 0.259 e. The number of benzene rings is 3. The van der Waals surface area contributed by atoms with Crippen LogP contribution in [-0.2, 0) is 4.79 Å². The monoisotopic (exact) mass is 683 g/mol. The Labute approximate surface area is 295 Å². The lowest BCUT2D eigenvalue weighted by Crippen LogP contribution is -2.44. The van der Waals surface area contributed by atoms with Crippen molar-refractivity contribution in [3.63, 3.8) is 0 Å². The van der Waals surface area contributed by atoms with Gasteiger partial charge in [-0.2, -0.15) is 0 Å². The maximum absolute atomic E-state index is 13.8. The predicted molar refractivity (Wildman–Crippen MR) is 195 cm³/mol. The maximum atomic E-state index is 13.8. The van der Waals surface area contributed by atoms with Gasteiger partial charge in [-0.1, -0.05) is 18.2 Å². The number of methoxy groups -OCH3 is 1. The molecule has 3 aromatic rings. The van der Waals surface area contributed by atoms with E-state index in [4.69, 9.17) is 14.2 Å². The van der Waals surface area contributed by atoms with E-state index in [9.17, 15) is 14.4 Å². The summed E-state index contributed by atoms with van der Waals surface area (Å²) in [6.45, 7) is 7.75. The summed E-state index contributed by atoms with van der Waals surface area (Å²) in [5.41, 5.74) is 3.62. The van der Waals surface area contributed by atoms with Gasteiger partial charge in [-0.25, -0.2) is 4.79 Å². The van der Waals surface area contributed by atoms with E-state index >= 15 is 0 Å². The van der Waals surface area contributed by atoms with Gasteiger partial charge in [0.1, 0.15) is 29.3 Å². The van der Waals surface area contributed by atoms with Gasteiger partial charge in [0.05, 0.1) is 36.4 Å². The van der Waals surface area contributed by atoms with E-state index in [-0.39, 0.29) is 17.9 Å². The molecule has 11 nitrogen and oxygen atoms in total. The number of hydrogen-bond donors (Lipinski definition) is 2. The number of carbonyl (C=O) groups is 2. The zero-order chi connectivity index (χ0) is 35.5. The average molecular weight is 684 g/mol. The summed E-state index contributed by atoms with van der Waals surface area (Å²) in [6, 6.07) is 17.9. The van der Waals surface area contributed by atoms with Crippen LogP contribution in [0.4, 0.5) is 11.4 Å². The minimum absolute atomic E-state index is 0.0488. The topological polar surface area (TPSA) is 113 Å². The Morgan fingerprint density at radius 2 is 1.72 bits per heavy atom. The normalized spacial score (nSPS) is 15.2. The molecule has 2 heterocycles. The second-order valence-electron chi connectivity index (χ2n) is 12.9. The molecule has 5 rings (SSSR count). The van der Waals surface area contributed by atoms with Crippen LogP contribution in [0.15, 0.2) is 66.4 Å². The van der Waals surface area contributed by atoms with Gasteiger partial charge in [0, 0.05) is 38.8 Å². The molecule has 2 amide bonds. The molecule has 11 heteroatoms. The third-order valence-electron chi connectivity index (χ3n) is 9.26. The summed E-state index contributed by atoms with van der Waals surface area (Å²) in [6.07, 6.45) is 4.01. The molecule has 0 atom stereocenters. The fraction of sp³-hybridized carbons (Fsp3) is 0.436. The lowest BCUT2D eigenvalue weighted by molar-refractivity contribution is 0.0989. The number of unbranched alkanes of at least 4 members (excludes halogenated alkanes) is 1. The van der Waals surface area contributed by atoms with Gasteiger partial charge in [-0.3, -0.25) is 9.59 Å². The summed E-state index contributed by atoms with van der Waals surface area (Å²) in [7, 11) is 5.30. The Morgan fingerprint density at radius 3 is 2.46 bits per heavy atom. The molecule has 2 saturated heterocycles. The van der Waals surface area contributed by atoms with E-state index in [1.54, 1.807) is 42.3 Å². The first-order chi connectivity index (χ1) is 24.3. The molecule has 2 aliphatic heterocycles. The molecule has 2 N–H and O–H groups in total. The van der Waals surface area contributed by atoms with Crippen molar-refractivity contribution in [2.24, 2.45) is 0 Å².